The molecule has 0 radical (unpaired) electrons. The van der Waals surface area contributed by atoms with Gasteiger partial charge >= 0.3 is 0 Å². The van der Waals surface area contributed by atoms with Crippen LogP contribution >= 0.6 is 27.5 Å². The molecule has 1 fully saturated rings. The van der Waals surface area contributed by atoms with Gasteiger partial charge in [-0.1, -0.05) is 52.9 Å². The number of nitrogens with one attached hydrogen (secondary N) is 1. The van der Waals surface area contributed by atoms with Gasteiger partial charge in [0, 0.05) is 22.5 Å². The molecule has 4 heteroatoms. The van der Waals surface area contributed by atoms with E-state index in [0.29, 0.717) is 10.6 Å². The summed E-state index contributed by atoms with van der Waals surface area (Å²) in [5, 5.41) is 4.70. The van der Waals surface area contributed by atoms with E-state index in [1.165, 1.54) is 32.1 Å². The van der Waals surface area contributed by atoms with Crippen molar-refractivity contribution in [1.29, 1.82) is 0 Å². The van der Waals surface area contributed by atoms with Crippen LogP contribution in [-0.2, 0) is 0 Å². The van der Waals surface area contributed by atoms with Gasteiger partial charge in [-0.2, -0.15) is 0 Å². The van der Waals surface area contributed by atoms with Crippen LogP contribution in [0.4, 0.5) is 0 Å². The van der Waals surface area contributed by atoms with Gasteiger partial charge in [-0.05, 0) is 42.9 Å². The molecule has 0 bridgehead atoms. The van der Waals surface area contributed by atoms with Gasteiger partial charge < -0.3 is 5.32 Å². The van der Waals surface area contributed by atoms with Crippen LogP contribution in [0.5, 0.6) is 0 Å². The monoisotopic (exact) mass is 357 g/mol. The first-order valence-electron chi connectivity index (χ1n) is 7.17. The number of rotatable bonds is 4. The first kappa shape index (κ1) is 15.8. The molecule has 0 unspecified atom stereocenters. The molecule has 0 aromatic heterocycles. The molecule has 0 heterocycles. The van der Waals surface area contributed by atoms with Crippen LogP contribution < -0.4 is 5.32 Å². The average molecular weight is 359 g/mol. The summed E-state index contributed by atoms with van der Waals surface area (Å²) in [4.78, 5) is 12.3. The lowest BCUT2D eigenvalue weighted by Gasteiger charge is -2.35. The fourth-order valence-corrected chi connectivity index (χ4v) is 3.81. The van der Waals surface area contributed by atoms with Gasteiger partial charge in [0.15, 0.2) is 0 Å². The highest BCUT2D eigenvalue weighted by Crippen LogP contribution is 2.37. The zero-order valence-corrected chi connectivity index (χ0v) is 14.2. The predicted octanol–water partition coefficient (Wildman–Crippen LogP) is 4.72. The molecule has 2 nitrogen and oxygen atoms in total. The number of hydrogen-bond donors (Lipinski definition) is 1. The van der Waals surface area contributed by atoms with Crippen LogP contribution in [-0.4, -0.2) is 17.8 Å². The van der Waals surface area contributed by atoms with Crippen molar-refractivity contribution >= 4 is 33.4 Å². The molecule has 1 aliphatic rings. The standard InChI is InChI=1S/C16H21BrClNO/c1-12-13(6-5-7-14(12)18)15(20)19-11-16(10-17)8-3-2-4-9-16/h5-7H,2-4,8-11H2,1H3,(H,19,20). The van der Waals surface area contributed by atoms with Crippen molar-refractivity contribution in [3.05, 3.63) is 34.3 Å². The fraction of sp³-hybridized carbons (Fsp3) is 0.562. The smallest absolute Gasteiger partial charge is 0.251 e. The second-order valence-electron chi connectivity index (χ2n) is 5.79. The Morgan fingerprint density at radius 2 is 2.05 bits per heavy atom. The highest BCUT2D eigenvalue weighted by Gasteiger charge is 2.31. The number of carbonyl (C=O) groups excluding carboxylic acids is 1. The van der Waals surface area contributed by atoms with Crippen molar-refractivity contribution in [3.8, 4) is 0 Å². The summed E-state index contributed by atoms with van der Waals surface area (Å²) >= 11 is 9.70. The fourth-order valence-electron chi connectivity index (χ4n) is 2.88. The van der Waals surface area contributed by atoms with Crippen LogP contribution in [0.1, 0.15) is 48.0 Å². The van der Waals surface area contributed by atoms with E-state index < -0.39 is 0 Å². The van der Waals surface area contributed by atoms with Crippen LogP contribution in [0.2, 0.25) is 5.02 Å². The molecule has 1 saturated carbocycles. The number of benzene rings is 1. The van der Waals surface area contributed by atoms with Crippen LogP contribution in [0, 0.1) is 12.3 Å². The number of halogens is 2. The summed E-state index contributed by atoms with van der Waals surface area (Å²) in [6, 6.07) is 5.47. The Bertz CT molecular complexity index is 483. The van der Waals surface area contributed by atoms with Gasteiger partial charge in [0.25, 0.3) is 5.91 Å². The molecule has 0 atom stereocenters. The van der Waals surface area contributed by atoms with E-state index in [9.17, 15) is 4.79 Å². The van der Waals surface area contributed by atoms with E-state index in [4.69, 9.17) is 11.6 Å². The maximum absolute atomic E-state index is 12.3. The van der Waals surface area contributed by atoms with Gasteiger partial charge in [0.05, 0.1) is 0 Å². The van der Waals surface area contributed by atoms with E-state index in [1.54, 1.807) is 0 Å². The van der Waals surface area contributed by atoms with Crippen LogP contribution in [0.15, 0.2) is 18.2 Å². The Kier molecular flexibility index (Phi) is 5.50. The lowest BCUT2D eigenvalue weighted by molar-refractivity contribution is 0.0921. The number of amides is 1. The molecular weight excluding hydrogens is 338 g/mol. The molecule has 2 rings (SSSR count). The number of alkyl halides is 1. The molecule has 110 valence electrons. The minimum absolute atomic E-state index is 0.0177. The maximum atomic E-state index is 12.3. The van der Waals surface area contributed by atoms with Crippen molar-refractivity contribution in [1.82, 2.24) is 5.32 Å². The van der Waals surface area contributed by atoms with E-state index in [1.807, 2.05) is 25.1 Å². The Morgan fingerprint density at radius 1 is 1.35 bits per heavy atom. The van der Waals surface area contributed by atoms with Crippen LogP contribution in [0.3, 0.4) is 0 Å². The van der Waals surface area contributed by atoms with Gasteiger partial charge in [-0.25, -0.2) is 0 Å². The minimum Gasteiger partial charge on any atom is -0.351 e. The van der Waals surface area contributed by atoms with E-state index in [2.05, 4.69) is 21.2 Å². The summed E-state index contributed by atoms with van der Waals surface area (Å²) in [6.45, 7) is 2.63. The first-order chi connectivity index (χ1) is 9.58. The molecule has 1 aromatic carbocycles. The Labute approximate surface area is 134 Å². The summed E-state index contributed by atoms with van der Waals surface area (Å²) in [7, 11) is 0. The molecule has 1 amide bonds. The van der Waals surface area contributed by atoms with Crippen molar-refractivity contribution in [2.24, 2.45) is 5.41 Å². The lowest BCUT2D eigenvalue weighted by atomic mass is 9.75. The van der Waals surface area contributed by atoms with Gasteiger partial charge in [-0.3, -0.25) is 4.79 Å². The quantitative estimate of drug-likeness (QED) is 0.775. The first-order valence-corrected chi connectivity index (χ1v) is 8.67. The molecule has 0 saturated heterocycles. The molecule has 1 aromatic rings. The second-order valence-corrected chi connectivity index (χ2v) is 6.76. The molecule has 0 spiro atoms. The SMILES string of the molecule is Cc1c(Cl)cccc1C(=O)NCC1(CBr)CCCCC1. The zero-order valence-electron chi connectivity index (χ0n) is 11.8. The average Bonchev–Trinajstić information content (AvgIpc) is 2.48. The van der Waals surface area contributed by atoms with Crippen molar-refractivity contribution < 1.29 is 4.79 Å². The van der Waals surface area contributed by atoms with E-state index in [-0.39, 0.29) is 11.3 Å². The molecule has 20 heavy (non-hydrogen) atoms. The summed E-state index contributed by atoms with van der Waals surface area (Å²) in [5.74, 6) is -0.0177. The largest absolute Gasteiger partial charge is 0.351 e. The highest BCUT2D eigenvalue weighted by atomic mass is 79.9. The van der Waals surface area contributed by atoms with E-state index in [0.717, 1.165) is 17.4 Å². The highest BCUT2D eigenvalue weighted by molar-refractivity contribution is 9.09. The van der Waals surface area contributed by atoms with Crippen LogP contribution in [0.25, 0.3) is 0 Å². The molecule has 1 N–H and O–H groups in total. The van der Waals surface area contributed by atoms with Crippen molar-refractivity contribution in [2.75, 3.05) is 11.9 Å². The summed E-state index contributed by atoms with van der Waals surface area (Å²) in [5.41, 5.74) is 1.75. The normalized spacial score (nSPS) is 17.8. The van der Waals surface area contributed by atoms with Gasteiger partial charge in [0.2, 0.25) is 0 Å². The summed E-state index contributed by atoms with van der Waals surface area (Å²) < 4.78 is 0. The minimum atomic E-state index is -0.0177. The third-order valence-corrected chi connectivity index (χ3v) is 5.93. The Morgan fingerprint density at radius 3 is 2.70 bits per heavy atom. The van der Waals surface area contributed by atoms with Gasteiger partial charge in [-0.15, -0.1) is 0 Å². The van der Waals surface area contributed by atoms with E-state index >= 15 is 0 Å². The lowest BCUT2D eigenvalue weighted by Crippen LogP contribution is -2.40. The summed E-state index contributed by atoms with van der Waals surface area (Å²) in [6.07, 6.45) is 6.21. The van der Waals surface area contributed by atoms with Crippen molar-refractivity contribution in [3.63, 3.8) is 0 Å². The second kappa shape index (κ2) is 6.95. The predicted molar refractivity (Wildman–Crippen MR) is 87.8 cm³/mol. The Balaban J connectivity index is 2.02. The topological polar surface area (TPSA) is 29.1 Å². The van der Waals surface area contributed by atoms with Gasteiger partial charge in [0.1, 0.15) is 0 Å². The molecular formula is C16H21BrClNO. The third kappa shape index (κ3) is 3.56. The Hall–Kier alpha value is -0.540. The zero-order chi connectivity index (χ0) is 14.6. The molecule has 1 aliphatic carbocycles. The van der Waals surface area contributed by atoms with Crippen molar-refractivity contribution in [2.45, 2.75) is 39.0 Å². The molecule has 0 aliphatic heterocycles. The maximum Gasteiger partial charge on any atom is 0.251 e. The number of hydrogen-bond acceptors (Lipinski definition) is 1. The number of carbonyl (C=O) groups is 1. The third-order valence-electron chi connectivity index (χ3n) is 4.33.